The minimum atomic E-state index is -0.474. The molecule has 1 saturated heterocycles. The van der Waals surface area contributed by atoms with E-state index in [-0.39, 0.29) is 34.8 Å². The van der Waals surface area contributed by atoms with Crippen molar-refractivity contribution in [1.82, 2.24) is 4.90 Å². The molecule has 24 heavy (non-hydrogen) atoms. The lowest BCUT2D eigenvalue weighted by Gasteiger charge is -2.37. The maximum atomic E-state index is 12.4. The first-order chi connectivity index (χ1) is 11.0. The normalized spacial score (nSPS) is 17.0. The molecule has 134 valence electrons. The molecule has 2 unspecified atom stereocenters. The zero-order chi connectivity index (χ0) is 17.0. The molecule has 2 atom stereocenters. The first-order valence-corrected chi connectivity index (χ1v) is 7.98. The van der Waals surface area contributed by atoms with E-state index in [0.29, 0.717) is 31.9 Å². The van der Waals surface area contributed by atoms with Gasteiger partial charge in [-0.1, -0.05) is 32.4 Å². The lowest BCUT2D eigenvalue weighted by Crippen LogP contribution is -2.54. The van der Waals surface area contributed by atoms with Gasteiger partial charge >= 0.3 is 0 Å². The average molecular weight is 357 g/mol. The quantitative estimate of drug-likeness (QED) is 0.643. The van der Waals surface area contributed by atoms with Crippen LogP contribution in [-0.4, -0.2) is 48.0 Å². The van der Waals surface area contributed by atoms with Crippen molar-refractivity contribution in [3.8, 4) is 0 Å². The molecule has 0 spiro atoms. The molecule has 1 aliphatic rings. The van der Waals surface area contributed by atoms with Gasteiger partial charge in [0.2, 0.25) is 5.91 Å². The van der Waals surface area contributed by atoms with Crippen molar-refractivity contribution in [2.24, 2.45) is 11.7 Å². The van der Waals surface area contributed by atoms with Gasteiger partial charge < -0.3 is 15.5 Å². The molecular formula is C16H25ClN4O3. The van der Waals surface area contributed by atoms with E-state index in [1.165, 1.54) is 6.07 Å². The number of anilines is 1. The van der Waals surface area contributed by atoms with Gasteiger partial charge in [-0.15, -0.1) is 12.4 Å². The zero-order valence-electron chi connectivity index (χ0n) is 14.1. The van der Waals surface area contributed by atoms with Crippen molar-refractivity contribution in [2.45, 2.75) is 26.3 Å². The van der Waals surface area contributed by atoms with Gasteiger partial charge in [-0.25, -0.2) is 0 Å². The molecule has 2 rings (SSSR count). The van der Waals surface area contributed by atoms with Gasteiger partial charge in [-0.3, -0.25) is 14.9 Å². The molecule has 8 heteroatoms. The number of benzene rings is 1. The van der Waals surface area contributed by atoms with Crippen LogP contribution in [-0.2, 0) is 4.79 Å². The van der Waals surface area contributed by atoms with E-state index in [4.69, 9.17) is 5.73 Å². The molecule has 0 saturated carbocycles. The fourth-order valence-electron chi connectivity index (χ4n) is 2.76. The first kappa shape index (κ1) is 20.2. The highest BCUT2D eigenvalue weighted by molar-refractivity contribution is 5.85. The van der Waals surface area contributed by atoms with E-state index in [2.05, 4.69) is 0 Å². The van der Waals surface area contributed by atoms with E-state index in [1.54, 1.807) is 23.1 Å². The number of nitrogens with two attached hydrogens (primary N) is 1. The SMILES string of the molecule is CCC(C)C(N)C(=O)N1CCN(c2ccccc2[N+](=O)[O-])CC1.Cl. The Bertz CT molecular complexity index is 576. The smallest absolute Gasteiger partial charge is 0.292 e. The Hall–Kier alpha value is -1.86. The maximum Gasteiger partial charge on any atom is 0.292 e. The Labute approximate surface area is 148 Å². The number of amides is 1. The lowest BCUT2D eigenvalue weighted by molar-refractivity contribution is -0.384. The van der Waals surface area contributed by atoms with Gasteiger partial charge in [0.25, 0.3) is 5.69 Å². The molecule has 1 aromatic rings. The van der Waals surface area contributed by atoms with Crippen molar-refractivity contribution in [2.75, 3.05) is 31.1 Å². The molecule has 0 radical (unpaired) electrons. The Morgan fingerprint density at radius 1 is 1.29 bits per heavy atom. The number of nitrogens with zero attached hydrogens (tertiary/aromatic N) is 3. The summed E-state index contributed by atoms with van der Waals surface area (Å²) in [6.45, 7) is 6.22. The number of rotatable bonds is 5. The molecule has 1 fully saturated rings. The van der Waals surface area contributed by atoms with Crippen LogP contribution in [0.25, 0.3) is 0 Å². The molecular weight excluding hydrogens is 332 g/mol. The highest BCUT2D eigenvalue weighted by Crippen LogP contribution is 2.28. The molecule has 0 aliphatic carbocycles. The van der Waals surface area contributed by atoms with Gasteiger partial charge in [0.15, 0.2) is 0 Å². The molecule has 1 amide bonds. The molecule has 0 aromatic heterocycles. The van der Waals surface area contributed by atoms with E-state index >= 15 is 0 Å². The van der Waals surface area contributed by atoms with E-state index < -0.39 is 6.04 Å². The number of hydrogen-bond donors (Lipinski definition) is 1. The number of para-hydroxylation sites is 2. The molecule has 0 bridgehead atoms. The Balaban J connectivity index is 0.00000288. The van der Waals surface area contributed by atoms with Crippen LogP contribution in [0.4, 0.5) is 11.4 Å². The second-order valence-electron chi connectivity index (χ2n) is 5.97. The number of halogens is 1. The van der Waals surface area contributed by atoms with E-state index in [0.717, 1.165) is 6.42 Å². The van der Waals surface area contributed by atoms with E-state index in [1.807, 2.05) is 18.7 Å². The summed E-state index contributed by atoms with van der Waals surface area (Å²) in [6.07, 6.45) is 0.864. The van der Waals surface area contributed by atoms with Gasteiger partial charge in [0, 0.05) is 32.2 Å². The van der Waals surface area contributed by atoms with Crippen molar-refractivity contribution in [3.05, 3.63) is 34.4 Å². The second-order valence-corrected chi connectivity index (χ2v) is 5.97. The Morgan fingerprint density at radius 3 is 2.42 bits per heavy atom. The molecule has 1 aliphatic heterocycles. The average Bonchev–Trinajstić information content (AvgIpc) is 2.59. The first-order valence-electron chi connectivity index (χ1n) is 7.98. The predicted molar refractivity (Wildman–Crippen MR) is 96.6 cm³/mol. The van der Waals surface area contributed by atoms with Crippen LogP contribution in [0.3, 0.4) is 0 Å². The number of hydrogen-bond acceptors (Lipinski definition) is 5. The van der Waals surface area contributed by atoms with Crippen molar-refractivity contribution < 1.29 is 9.72 Å². The van der Waals surface area contributed by atoms with Gasteiger partial charge in [0.1, 0.15) is 5.69 Å². The van der Waals surface area contributed by atoms with Crippen LogP contribution < -0.4 is 10.6 Å². The predicted octanol–water partition coefficient (Wildman–Crippen LogP) is 2.04. The number of nitro groups is 1. The topological polar surface area (TPSA) is 92.7 Å². The van der Waals surface area contributed by atoms with Gasteiger partial charge in [-0.05, 0) is 12.0 Å². The van der Waals surface area contributed by atoms with Crippen LogP contribution in [0.2, 0.25) is 0 Å². The Morgan fingerprint density at radius 2 is 1.88 bits per heavy atom. The summed E-state index contributed by atoms with van der Waals surface area (Å²) >= 11 is 0. The molecule has 1 aromatic carbocycles. The van der Waals surface area contributed by atoms with Gasteiger partial charge in [-0.2, -0.15) is 0 Å². The summed E-state index contributed by atoms with van der Waals surface area (Å²) in [5.41, 5.74) is 6.73. The zero-order valence-corrected chi connectivity index (χ0v) is 14.9. The third-order valence-electron chi connectivity index (χ3n) is 4.55. The summed E-state index contributed by atoms with van der Waals surface area (Å²) in [5.74, 6) is 0.123. The standard InChI is InChI=1S/C16H24N4O3.ClH/c1-3-12(2)15(17)16(21)19-10-8-18(9-11-19)13-6-4-5-7-14(13)20(22)23;/h4-7,12,15H,3,8-11,17H2,1-2H3;1H. The molecule has 7 nitrogen and oxygen atoms in total. The number of carbonyl (C=O) groups excluding carboxylic acids is 1. The fourth-order valence-corrected chi connectivity index (χ4v) is 2.76. The third-order valence-corrected chi connectivity index (χ3v) is 4.55. The summed E-state index contributed by atoms with van der Waals surface area (Å²) < 4.78 is 0. The van der Waals surface area contributed by atoms with Crippen LogP contribution in [0, 0.1) is 16.0 Å². The Kier molecular flexibility index (Phi) is 7.44. The lowest BCUT2D eigenvalue weighted by atomic mass is 9.98. The minimum absolute atomic E-state index is 0. The largest absolute Gasteiger partial charge is 0.362 e. The van der Waals surface area contributed by atoms with Crippen molar-refractivity contribution >= 4 is 29.7 Å². The third kappa shape index (κ3) is 4.36. The highest BCUT2D eigenvalue weighted by atomic mass is 35.5. The number of piperazine rings is 1. The molecule has 2 N–H and O–H groups in total. The van der Waals surface area contributed by atoms with Gasteiger partial charge in [0.05, 0.1) is 11.0 Å². The minimum Gasteiger partial charge on any atom is -0.362 e. The maximum absolute atomic E-state index is 12.4. The van der Waals surface area contributed by atoms with Crippen LogP contribution in [0.15, 0.2) is 24.3 Å². The summed E-state index contributed by atoms with van der Waals surface area (Å²) in [7, 11) is 0. The van der Waals surface area contributed by atoms with Crippen LogP contribution in [0.1, 0.15) is 20.3 Å². The second kappa shape index (κ2) is 8.84. The highest BCUT2D eigenvalue weighted by Gasteiger charge is 2.29. The van der Waals surface area contributed by atoms with Crippen molar-refractivity contribution in [3.63, 3.8) is 0 Å². The van der Waals surface area contributed by atoms with E-state index in [9.17, 15) is 14.9 Å². The summed E-state index contributed by atoms with van der Waals surface area (Å²) in [4.78, 5) is 26.9. The van der Waals surface area contributed by atoms with Crippen LogP contribution >= 0.6 is 12.4 Å². The number of nitro benzene ring substituents is 1. The summed E-state index contributed by atoms with van der Waals surface area (Å²) in [5, 5.41) is 11.1. The number of carbonyl (C=O) groups is 1. The fraction of sp³-hybridized carbons (Fsp3) is 0.562. The molecule has 1 heterocycles. The van der Waals surface area contributed by atoms with Crippen LogP contribution in [0.5, 0.6) is 0 Å². The summed E-state index contributed by atoms with van der Waals surface area (Å²) in [6, 6.07) is 6.23. The monoisotopic (exact) mass is 356 g/mol. The van der Waals surface area contributed by atoms with Crippen molar-refractivity contribution in [1.29, 1.82) is 0 Å².